The molecule has 0 bridgehead atoms. The maximum Gasteiger partial charge on any atom is 0.134 e. The number of para-hydroxylation sites is 1. The molecule has 0 atom stereocenters. The molecule has 78 valence electrons. The van der Waals surface area contributed by atoms with Gasteiger partial charge in [0.15, 0.2) is 0 Å². The summed E-state index contributed by atoms with van der Waals surface area (Å²) >= 11 is 0. The van der Waals surface area contributed by atoms with Crippen LogP contribution >= 0.6 is 0 Å². The Morgan fingerprint density at radius 2 is 2.20 bits per heavy atom. The van der Waals surface area contributed by atoms with E-state index in [2.05, 4.69) is 0 Å². The molecule has 3 heteroatoms. The fraction of sp³-hybridized carbons (Fsp3) is 0.167. The van der Waals surface area contributed by atoms with E-state index in [-0.39, 0.29) is 6.54 Å². The van der Waals surface area contributed by atoms with Crippen molar-refractivity contribution >= 4 is 11.0 Å². The van der Waals surface area contributed by atoms with Crippen LogP contribution in [0.4, 0.5) is 4.39 Å². The Balaban J connectivity index is 2.36. The van der Waals surface area contributed by atoms with Crippen molar-refractivity contribution in [1.82, 2.24) is 0 Å². The van der Waals surface area contributed by atoms with E-state index < -0.39 is 0 Å². The van der Waals surface area contributed by atoms with Crippen LogP contribution in [0, 0.1) is 0 Å². The van der Waals surface area contributed by atoms with Gasteiger partial charge in [-0.05, 0) is 11.6 Å². The number of rotatable bonds is 3. The van der Waals surface area contributed by atoms with Gasteiger partial charge >= 0.3 is 0 Å². The lowest BCUT2D eigenvalue weighted by molar-refractivity contribution is 0.611. The van der Waals surface area contributed by atoms with Crippen LogP contribution in [0.3, 0.4) is 0 Å². The molecule has 0 spiro atoms. The van der Waals surface area contributed by atoms with Crippen LogP contribution in [-0.2, 0) is 6.42 Å². The number of furan rings is 1. The predicted octanol–water partition coefficient (Wildman–Crippen LogP) is 2.79. The number of hydrogen-bond acceptors (Lipinski definition) is 2. The SMILES string of the molecule is NC/C(=C\F)Cc1coc2ccccc12. The first kappa shape index (κ1) is 9.93. The summed E-state index contributed by atoms with van der Waals surface area (Å²) in [5.74, 6) is 0. The second kappa shape index (κ2) is 4.28. The van der Waals surface area contributed by atoms with E-state index in [0.717, 1.165) is 16.5 Å². The summed E-state index contributed by atoms with van der Waals surface area (Å²) in [7, 11) is 0. The number of halogens is 1. The average Bonchev–Trinajstić information content (AvgIpc) is 2.69. The van der Waals surface area contributed by atoms with E-state index in [1.165, 1.54) is 0 Å². The Hall–Kier alpha value is -1.61. The summed E-state index contributed by atoms with van der Waals surface area (Å²) in [5.41, 5.74) is 7.77. The molecule has 2 N–H and O–H groups in total. The van der Waals surface area contributed by atoms with Crippen molar-refractivity contribution in [3.63, 3.8) is 0 Å². The highest BCUT2D eigenvalue weighted by atomic mass is 19.1. The standard InChI is InChI=1S/C12H12FNO/c13-6-9(7-14)5-10-8-15-12-4-2-1-3-11(10)12/h1-4,6,8H,5,7,14H2/b9-6-. The van der Waals surface area contributed by atoms with Gasteiger partial charge in [-0.1, -0.05) is 18.2 Å². The van der Waals surface area contributed by atoms with Gasteiger partial charge in [0, 0.05) is 23.9 Å². The third-order valence-electron chi connectivity index (χ3n) is 2.40. The number of benzene rings is 1. The van der Waals surface area contributed by atoms with Crippen LogP contribution in [0.25, 0.3) is 11.0 Å². The lowest BCUT2D eigenvalue weighted by atomic mass is 10.1. The molecule has 0 amide bonds. The van der Waals surface area contributed by atoms with Crippen molar-refractivity contribution in [3.05, 3.63) is 48.0 Å². The van der Waals surface area contributed by atoms with Crippen molar-refractivity contribution < 1.29 is 8.81 Å². The molecule has 0 saturated carbocycles. The van der Waals surface area contributed by atoms with E-state index >= 15 is 0 Å². The number of hydrogen-bond donors (Lipinski definition) is 1. The fourth-order valence-electron chi connectivity index (χ4n) is 1.57. The zero-order chi connectivity index (χ0) is 10.7. The monoisotopic (exact) mass is 205 g/mol. The minimum absolute atomic E-state index is 0.232. The lowest BCUT2D eigenvalue weighted by Crippen LogP contribution is -2.04. The van der Waals surface area contributed by atoms with Gasteiger partial charge in [-0.2, -0.15) is 0 Å². The van der Waals surface area contributed by atoms with E-state index in [1.807, 2.05) is 24.3 Å². The molecular formula is C12H12FNO. The lowest BCUT2D eigenvalue weighted by Gasteiger charge is -1.99. The smallest absolute Gasteiger partial charge is 0.134 e. The van der Waals surface area contributed by atoms with Crippen molar-refractivity contribution in [3.8, 4) is 0 Å². The van der Waals surface area contributed by atoms with E-state index in [9.17, 15) is 4.39 Å². The Labute approximate surface area is 87.2 Å². The first-order valence-electron chi connectivity index (χ1n) is 4.78. The molecule has 0 radical (unpaired) electrons. The molecule has 0 unspecified atom stereocenters. The fourth-order valence-corrected chi connectivity index (χ4v) is 1.57. The van der Waals surface area contributed by atoms with Crippen LogP contribution < -0.4 is 5.73 Å². The molecule has 15 heavy (non-hydrogen) atoms. The van der Waals surface area contributed by atoms with Crippen LogP contribution in [0.1, 0.15) is 5.56 Å². The third kappa shape index (κ3) is 1.92. The van der Waals surface area contributed by atoms with Gasteiger partial charge in [0.1, 0.15) is 5.58 Å². The maximum absolute atomic E-state index is 12.4. The van der Waals surface area contributed by atoms with Gasteiger partial charge < -0.3 is 10.2 Å². The summed E-state index contributed by atoms with van der Waals surface area (Å²) in [6.07, 6.45) is 2.73. The highest BCUT2D eigenvalue weighted by Crippen LogP contribution is 2.22. The molecular weight excluding hydrogens is 193 g/mol. The molecule has 0 aliphatic carbocycles. The summed E-state index contributed by atoms with van der Waals surface area (Å²) in [5, 5.41) is 1.02. The van der Waals surface area contributed by atoms with Crippen molar-refractivity contribution in [1.29, 1.82) is 0 Å². The van der Waals surface area contributed by atoms with Gasteiger partial charge in [0.05, 0.1) is 12.6 Å². The van der Waals surface area contributed by atoms with Gasteiger partial charge in [-0.15, -0.1) is 0 Å². The summed E-state index contributed by atoms with van der Waals surface area (Å²) < 4.78 is 17.7. The largest absolute Gasteiger partial charge is 0.464 e. The summed E-state index contributed by atoms with van der Waals surface area (Å²) in [6.45, 7) is 0.232. The van der Waals surface area contributed by atoms with Crippen molar-refractivity contribution in [2.75, 3.05) is 6.54 Å². The molecule has 1 aromatic heterocycles. The van der Waals surface area contributed by atoms with Crippen molar-refractivity contribution in [2.45, 2.75) is 6.42 Å². The molecule has 2 nitrogen and oxygen atoms in total. The normalized spacial score (nSPS) is 12.3. The second-order valence-electron chi connectivity index (χ2n) is 3.41. The molecule has 1 heterocycles. The molecule has 0 aliphatic heterocycles. The predicted molar refractivity (Wildman–Crippen MR) is 58.2 cm³/mol. The first-order chi connectivity index (χ1) is 7.35. The average molecular weight is 205 g/mol. The Morgan fingerprint density at radius 3 is 2.93 bits per heavy atom. The van der Waals surface area contributed by atoms with E-state index in [4.69, 9.17) is 10.2 Å². The van der Waals surface area contributed by atoms with Crippen LogP contribution in [0.2, 0.25) is 0 Å². The van der Waals surface area contributed by atoms with Crippen LogP contribution in [0.15, 0.2) is 46.8 Å². The van der Waals surface area contributed by atoms with Gasteiger partial charge in [0.2, 0.25) is 0 Å². The molecule has 1 aromatic carbocycles. The Kier molecular flexibility index (Phi) is 2.83. The minimum Gasteiger partial charge on any atom is -0.464 e. The number of fused-ring (bicyclic) bond motifs is 1. The summed E-state index contributed by atoms with van der Waals surface area (Å²) in [4.78, 5) is 0. The Bertz CT molecular complexity index is 487. The zero-order valence-corrected chi connectivity index (χ0v) is 8.24. The van der Waals surface area contributed by atoms with Crippen LogP contribution in [-0.4, -0.2) is 6.54 Å². The van der Waals surface area contributed by atoms with Gasteiger partial charge in [-0.25, -0.2) is 4.39 Å². The number of nitrogens with two attached hydrogens (primary N) is 1. The Morgan fingerprint density at radius 1 is 1.40 bits per heavy atom. The van der Waals surface area contributed by atoms with Crippen molar-refractivity contribution in [2.24, 2.45) is 5.73 Å². The molecule has 0 saturated heterocycles. The van der Waals surface area contributed by atoms with E-state index in [1.54, 1.807) is 6.26 Å². The highest BCUT2D eigenvalue weighted by molar-refractivity contribution is 5.81. The molecule has 2 aromatic rings. The topological polar surface area (TPSA) is 39.2 Å². The molecule has 2 rings (SSSR count). The van der Waals surface area contributed by atoms with Gasteiger partial charge in [0.25, 0.3) is 0 Å². The van der Waals surface area contributed by atoms with Crippen LogP contribution in [0.5, 0.6) is 0 Å². The molecule has 0 aliphatic rings. The quantitative estimate of drug-likeness (QED) is 0.836. The van der Waals surface area contributed by atoms with Gasteiger partial charge in [-0.3, -0.25) is 0 Å². The highest BCUT2D eigenvalue weighted by Gasteiger charge is 2.06. The zero-order valence-electron chi connectivity index (χ0n) is 8.24. The minimum atomic E-state index is 0.232. The summed E-state index contributed by atoms with van der Waals surface area (Å²) in [6, 6.07) is 7.69. The maximum atomic E-state index is 12.4. The third-order valence-corrected chi connectivity index (χ3v) is 2.40. The first-order valence-corrected chi connectivity index (χ1v) is 4.78. The molecule has 0 fully saturated rings. The van der Waals surface area contributed by atoms with E-state index in [0.29, 0.717) is 18.3 Å². The second-order valence-corrected chi connectivity index (χ2v) is 3.41.